The van der Waals surface area contributed by atoms with Crippen molar-refractivity contribution in [2.45, 2.75) is 51.5 Å². The van der Waals surface area contributed by atoms with E-state index in [1.54, 1.807) is 13.8 Å². The van der Waals surface area contributed by atoms with E-state index in [4.69, 9.17) is 4.42 Å². The number of nitrogens with zero attached hydrogens (tertiary/aromatic N) is 1. The maximum atomic E-state index is 12.8. The van der Waals surface area contributed by atoms with Gasteiger partial charge in [0.25, 0.3) is 0 Å². The van der Waals surface area contributed by atoms with Crippen molar-refractivity contribution < 1.29 is 17.9 Å². The highest BCUT2D eigenvalue weighted by molar-refractivity contribution is 7.89. The lowest BCUT2D eigenvalue weighted by atomic mass is 10.0. The van der Waals surface area contributed by atoms with Gasteiger partial charge in [0.2, 0.25) is 10.0 Å². The SMILES string of the molecule is CCCC1CCN(S(=O)(=O)c2c(C)oc(C)c2CO)C1. The summed E-state index contributed by atoms with van der Waals surface area (Å²) in [5.74, 6) is 1.29. The van der Waals surface area contributed by atoms with Crippen LogP contribution >= 0.6 is 0 Å². The van der Waals surface area contributed by atoms with Gasteiger partial charge in [-0.05, 0) is 32.6 Å². The molecular weight excluding hydrogens is 278 g/mol. The highest BCUT2D eigenvalue weighted by atomic mass is 32.2. The van der Waals surface area contributed by atoms with Gasteiger partial charge >= 0.3 is 0 Å². The summed E-state index contributed by atoms with van der Waals surface area (Å²) in [5, 5.41) is 9.41. The summed E-state index contributed by atoms with van der Waals surface area (Å²) >= 11 is 0. The fourth-order valence-electron chi connectivity index (χ4n) is 3.02. The molecule has 1 aliphatic heterocycles. The number of aryl methyl sites for hydroxylation is 2. The van der Waals surface area contributed by atoms with Crippen LogP contribution in [-0.2, 0) is 16.6 Å². The Morgan fingerprint density at radius 2 is 2.05 bits per heavy atom. The minimum absolute atomic E-state index is 0.162. The van der Waals surface area contributed by atoms with Gasteiger partial charge in [-0.25, -0.2) is 8.42 Å². The van der Waals surface area contributed by atoms with Crippen LogP contribution in [0.5, 0.6) is 0 Å². The number of rotatable bonds is 5. The molecule has 20 heavy (non-hydrogen) atoms. The molecule has 1 atom stereocenters. The molecule has 2 rings (SSSR count). The van der Waals surface area contributed by atoms with Crippen LogP contribution in [0.4, 0.5) is 0 Å². The van der Waals surface area contributed by atoms with Crippen molar-refractivity contribution in [3.05, 3.63) is 17.1 Å². The third-order valence-corrected chi connectivity index (χ3v) is 6.09. The summed E-state index contributed by atoms with van der Waals surface area (Å²) in [6, 6.07) is 0. The van der Waals surface area contributed by atoms with Crippen LogP contribution in [0.3, 0.4) is 0 Å². The van der Waals surface area contributed by atoms with E-state index in [1.807, 2.05) is 0 Å². The number of aliphatic hydroxyl groups is 1. The average molecular weight is 301 g/mol. The van der Waals surface area contributed by atoms with Crippen LogP contribution in [0.2, 0.25) is 0 Å². The van der Waals surface area contributed by atoms with Crippen LogP contribution in [0, 0.1) is 19.8 Å². The summed E-state index contributed by atoms with van der Waals surface area (Å²) in [7, 11) is -3.56. The fraction of sp³-hybridized carbons (Fsp3) is 0.714. The minimum Gasteiger partial charge on any atom is -0.465 e. The molecule has 1 aromatic rings. The Morgan fingerprint density at radius 1 is 1.35 bits per heavy atom. The highest BCUT2D eigenvalue weighted by Crippen LogP contribution is 2.32. The molecule has 1 unspecified atom stereocenters. The van der Waals surface area contributed by atoms with Crippen molar-refractivity contribution >= 4 is 10.0 Å². The predicted molar refractivity (Wildman–Crippen MR) is 75.9 cm³/mol. The Kier molecular flexibility index (Phi) is 4.56. The molecule has 0 spiro atoms. The molecule has 5 nitrogen and oxygen atoms in total. The standard InChI is InChI=1S/C14H23NO4S/c1-4-5-12-6-7-15(8-12)20(17,18)14-11(3)19-10(2)13(14)9-16/h12,16H,4-9H2,1-3H3. The number of furan rings is 1. The molecular formula is C14H23NO4S. The monoisotopic (exact) mass is 301 g/mol. The number of sulfonamides is 1. The molecule has 2 heterocycles. The van der Waals surface area contributed by atoms with E-state index in [2.05, 4.69) is 6.92 Å². The largest absolute Gasteiger partial charge is 0.465 e. The first-order valence-electron chi connectivity index (χ1n) is 7.11. The van der Waals surface area contributed by atoms with Gasteiger partial charge < -0.3 is 9.52 Å². The average Bonchev–Trinajstić information content (AvgIpc) is 2.94. The summed E-state index contributed by atoms with van der Waals surface area (Å²) in [5.41, 5.74) is 0.390. The summed E-state index contributed by atoms with van der Waals surface area (Å²) in [4.78, 5) is 0.162. The molecule has 6 heteroatoms. The Morgan fingerprint density at radius 3 is 2.65 bits per heavy atom. The fourth-order valence-corrected chi connectivity index (χ4v) is 4.95. The lowest BCUT2D eigenvalue weighted by Crippen LogP contribution is -2.29. The third-order valence-electron chi connectivity index (χ3n) is 4.03. The zero-order valence-corrected chi connectivity index (χ0v) is 13.2. The van der Waals surface area contributed by atoms with E-state index >= 15 is 0 Å². The number of hydrogen-bond acceptors (Lipinski definition) is 4. The molecule has 1 N–H and O–H groups in total. The van der Waals surface area contributed by atoms with Gasteiger partial charge in [-0.15, -0.1) is 0 Å². The Hall–Kier alpha value is -0.850. The molecule has 1 aliphatic rings. The molecule has 0 amide bonds. The Balaban J connectivity index is 2.32. The zero-order chi connectivity index (χ0) is 14.9. The maximum Gasteiger partial charge on any atom is 0.246 e. The van der Waals surface area contributed by atoms with E-state index in [-0.39, 0.29) is 11.5 Å². The minimum atomic E-state index is -3.56. The van der Waals surface area contributed by atoms with Gasteiger partial charge in [-0.3, -0.25) is 0 Å². The van der Waals surface area contributed by atoms with Crippen molar-refractivity contribution in [3.8, 4) is 0 Å². The van der Waals surface area contributed by atoms with Crippen LogP contribution < -0.4 is 0 Å². The summed E-state index contributed by atoms with van der Waals surface area (Å²) < 4.78 is 32.4. The van der Waals surface area contributed by atoms with E-state index in [1.165, 1.54) is 4.31 Å². The van der Waals surface area contributed by atoms with E-state index in [0.717, 1.165) is 19.3 Å². The molecule has 0 bridgehead atoms. The van der Waals surface area contributed by atoms with Crippen molar-refractivity contribution in [3.63, 3.8) is 0 Å². The number of aliphatic hydroxyl groups excluding tert-OH is 1. The number of hydrogen-bond donors (Lipinski definition) is 1. The van der Waals surface area contributed by atoms with Gasteiger partial charge in [-0.1, -0.05) is 13.3 Å². The molecule has 1 aromatic heterocycles. The second kappa shape index (κ2) is 5.87. The smallest absolute Gasteiger partial charge is 0.246 e. The van der Waals surface area contributed by atoms with Gasteiger partial charge in [0.1, 0.15) is 16.4 Å². The lowest BCUT2D eigenvalue weighted by molar-refractivity contribution is 0.276. The van der Waals surface area contributed by atoms with Gasteiger partial charge in [-0.2, -0.15) is 4.31 Å². The predicted octanol–water partition coefficient (Wildman–Crippen LogP) is 2.20. The first-order valence-corrected chi connectivity index (χ1v) is 8.55. The lowest BCUT2D eigenvalue weighted by Gasteiger charge is -2.17. The maximum absolute atomic E-state index is 12.8. The highest BCUT2D eigenvalue weighted by Gasteiger charge is 2.36. The van der Waals surface area contributed by atoms with Gasteiger partial charge in [0.05, 0.1) is 6.61 Å². The first-order chi connectivity index (χ1) is 9.41. The van der Waals surface area contributed by atoms with E-state index in [0.29, 0.717) is 36.1 Å². The molecule has 1 saturated heterocycles. The quantitative estimate of drug-likeness (QED) is 0.905. The van der Waals surface area contributed by atoms with Crippen LogP contribution in [0.15, 0.2) is 9.31 Å². The molecule has 0 aliphatic carbocycles. The second-order valence-electron chi connectivity index (χ2n) is 5.49. The topological polar surface area (TPSA) is 70.8 Å². The normalized spacial score (nSPS) is 20.7. The summed E-state index contributed by atoms with van der Waals surface area (Å²) in [6.45, 7) is 6.25. The van der Waals surface area contributed by atoms with Gasteiger partial charge in [0, 0.05) is 18.7 Å². The van der Waals surface area contributed by atoms with Gasteiger partial charge in [0.15, 0.2) is 0 Å². The van der Waals surface area contributed by atoms with Crippen LogP contribution in [-0.4, -0.2) is 30.9 Å². The van der Waals surface area contributed by atoms with Crippen LogP contribution in [0.1, 0.15) is 43.3 Å². The van der Waals surface area contributed by atoms with Crippen LogP contribution in [0.25, 0.3) is 0 Å². The second-order valence-corrected chi connectivity index (χ2v) is 7.36. The third kappa shape index (κ3) is 2.64. The van der Waals surface area contributed by atoms with Crippen molar-refractivity contribution in [1.82, 2.24) is 4.31 Å². The molecule has 114 valence electrons. The van der Waals surface area contributed by atoms with E-state index in [9.17, 15) is 13.5 Å². The Bertz CT molecular complexity index is 576. The first kappa shape index (κ1) is 15.5. The Labute approximate surface area is 120 Å². The summed E-state index contributed by atoms with van der Waals surface area (Å²) in [6.07, 6.45) is 3.05. The molecule has 1 fully saturated rings. The molecule has 0 aromatic carbocycles. The van der Waals surface area contributed by atoms with Crippen molar-refractivity contribution in [2.75, 3.05) is 13.1 Å². The van der Waals surface area contributed by atoms with Crippen molar-refractivity contribution in [1.29, 1.82) is 0 Å². The molecule has 0 radical (unpaired) electrons. The van der Waals surface area contributed by atoms with E-state index < -0.39 is 10.0 Å². The zero-order valence-electron chi connectivity index (χ0n) is 12.3. The van der Waals surface area contributed by atoms with Crippen molar-refractivity contribution in [2.24, 2.45) is 5.92 Å². The molecule has 0 saturated carbocycles.